The Balaban J connectivity index is 0.00000192. The van der Waals surface area contributed by atoms with Crippen LogP contribution in [-0.4, -0.2) is 46.2 Å². The zero-order chi connectivity index (χ0) is 15.4. The van der Waals surface area contributed by atoms with Crippen molar-refractivity contribution in [3.8, 4) is 6.07 Å². The Hall–Kier alpha value is -1.58. The molecule has 23 heavy (non-hydrogen) atoms. The van der Waals surface area contributed by atoms with Gasteiger partial charge in [0.05, 0.1) is 12.6 Å². The molecule has 126 valence electrons. The molecule has 1 aromatic rings. The maximum absolute atomic E-state index is 12.2. The predicted molar refractivity (Wildman–Crippen MR) is 89.2 cm³/mol. The first kappa shape index (κ1) is 17.8. The molecule has 0 radical (unpaired) electrons. The van der Waals surface area contributed by atoms with Gasteiger partial charge in [-0.05, 0) is 57.7 Å². The fraction of sp³-hybridized carbons (Fsp3) is 0.688. The van der Waals surface area contributed by atoms with Crippen molar-refractivity contribution < 1.29 is 4.79 Å². The maximum Gasteiger partial charge on any atom is 0.235 e. The molecule has 1 amide bonds. The van der Waals surface area contributed by atoms with Crippen molar-refractivity contribution in [1.29, 1.82) is 5.26 Å². The maximum atomic E-state index is 12.2. The lowest BCUT2D eigenvalue weighted by Gasteiger charge is -2.32. The lowest BCUT2D eigenvalue weighted by Crippen LogP contribution is -2.50. The van der Waals surface area contributed by atoms with Crippen LogP contribution in [0, 0.1) is 11.3 Å². The Morgan fingerprint density at radius 1 is 1.43 bits per heavy atom. The third-order valence-corrected chi connectivity index (χ3v) is 4.97. The van der Waals surface area contributed by atoms with E-state index in [1.165, 1.54) is 5.69 Å². The van der Waals surface area contributed by atoms with Crippen molar-refractivity contribution in [3.05, 3.63) is 18.0 Å². The number of aromatic nitrogens is 2. The monoisotopic (exact) mass is 337 g/mol. The minimum absolute atomic E-state index is 0. The van der Waals surface area contributed by atoms with E-state index in [1.807, 2.05) is 6.07 Å². The summed E-state index contributed by atoms with van der Waals surface area (Å²) in [5.74, 6) is 0.505. The zero-order valence-electron chi connectivity index (χ0n) is 13.3. The van der Waals surface area contributed by atoms with E-state index in [2.05, 4.69) is 26.5 Å². The molecule has 0 atom stereocenters. The molecule has 3 rings (SSSR count). The number of carbonyl (C=O) groups excluding carboxylic acids is 1. The summed E-state index contributed by atoms with van der Waals surface area (Å²) in [7, 11) is 0. The number of hydrogen-bond donors (Lipinski definition) is 2. The fourth-order valence-electron chi connectivity index (χ4n) is 3.65. The fourth-order valence-corrected chi connectivity index (χ4v) is 3.65. The van der Waals surface area contributed by atoms with Crippen molar-refractivity contribution in [3.63, 3.8) is 0 Å². The topological polar surface area (TPSA) is 84.8 Å². The highest BCUT2D eigenvalue weighted by molar-refractivity contribution is 5.85. The summed E-state index contributed by atoms with van der Waals surface area (Å²) in [6.07, 6.45) is 7.51. The van der Waals surface area contributed by atoms with Gasteiger partial charge in [0.1, 0.15) is 5.54 Å². The van der Waals surface area contributed by atoms with Crippen LogP contribution in [-0.2, 0) is 4.79 Å². The van der Waals surface area contributed by atoms with Crippen LogP contribution in [0.2, 0.25) is 0 Å². The summed E-state index contributed by atoms with van der Waals surface area (Å²) in [5, 5.41) is 19.3. The molecule has 2 aliphatic rings. The summed E-state index contributed by atoms with van der Waals surface area (Å²) in [6.45, 7) is 2.23. The molecule has 1 saturated heterocycles. The van der Waals surface area contributed by atoms with E-state index in [-0.39, 0.29) is 18.3 Å². The number of nitrogens with zero attached hydrogens (tertiary/aromatic N) is 3. The van der Waals surface area contributed by atoms with Gasteiger partial charge in [0.2, 0.25) is 5.91 Å². The standard InChI is InChI=1S/C16H23N5O.ClH/c17-12-16(6-1-2-7-16)19-15(22)11-21-9-4-13(5-10-21)14-3-8-18-20-14;/h3,8,13H,1-2,4-7,9-11H2,(H,18,20)(H,19,22);1H. The van der Waals surface area contributed by atoms with Crippen LogP contribution in [0.3, 0.4) is 0 Å². The summed E-state index contributed by atoms with van der Waals surface area (Å²) >= 11 is 0. The van der Waals surface area contributed by atoms with Gasteiger partial charge in [-0.1, -0.05) is 0 Å². The van der Waals surface area contributed by atoms with Crippen molar-refractivity contribution in [2.45, 2.75) is 50.0 Å². The van der Waals surface area contributed by atoms with E-state index in [0.29, 0.717) is 12.5 Å². The van der Waals surface area contributed by atoms with Gasteiger partial charge in [-0.2, -0.15) is 10.4 Å². The highest BCUT2D eigenvalue weighted by Gasteiger charge is 2.35. The first-order valence-electron chi connectivity index (χ1n) is 8.15. The minimum Gasteiger partial charge on any atom is -0.337 e. The second-order valence-electron chi connectivity index (χ2n) is 6.51. The molecule has 2 fully saturated rings. The summed E-state index contributed by atoms with van der Waals surface area (Å²) < 4.78 is 0. The third kappa shape index (κ3) is 4.24. The molecule has 0 unspecified atom stereocenters. The average molecular weight is 338 g/mol. The largest absolute Gasteiger partial charge is 0.337 e. The summed E-state index contributed by atoms with van der Waals surface area (Å²) in [5.41, 5.74) is 0.587. The molecule has 1 aromatic heterocycles. The average Bonchev–Trinajstić information content (AvgIpc) is 3.20. The van der Waals surface area contributed by atoms with E-state index in [4.69, 9.17) is 0 Å². The number of halogens is 1. The van der Waals surface area contributed by atoms with Gasteiger partial charge in [-0.25, -0.2) is 0 Å². The van der Waals surface area contributed by atoms with Crippen LogP contribution in [0.15, 0.2) is 12.3 Å². The van der Waals surface area contributed by atoms with Crippen LogP contribution in [0.5, 0.6) is 0 Å². The van der Waals surface area contributed by atoms with Gasteiger partial charge in [0, 0.05) is 17.8 Å². The molecule has 0 bridgehead atoms. The Labute approximate surface area is 143 Å². The number of likely N-dealkylation sites (tertiary alicyclic amines) is 1. The number of carbonyl (C=O) groups is 1. The number of aromatic amines is 1. The number of H-pyrrole nitrogens is 1. The van der Waals surface area contributed by atoms with Crippen LogP contribution >= 0.6 is 12.4 Å². The molecule has 0 aromatic carbocycles. The normalized spacial score (nSPS) is 21.3. The number of hydrogen-bond acceptors (Lipinski definition) is 4. The molecule has 6 nitrogen and oxygen atoms in total. The van der Waals surface area contributed by atoms with Gasteiger partial charge in [-0.3, -0.25) is 14.8 Å². The Bertz CT molecular complexity index is 539. The van der Waals surface area contributed by atoms with Gasteiger partial charge in [0.25, 0.3) is 0 Å². The quantitative estimate of drug-likeness (QED) is 0.879. The highest BCUT2D eigenvalue weighted by Crippen LogP contribution is 2.29. The minimum atomic E-state index is -0.606. The van der Waals surface area contributed by atoms with Crippen molar-refractivity contribution in [2.24, 2.45) is 0 Å². The van der Waals surface area contributed by atoms with Gasteiger partial charge in [0.15, 0.2) is 0 Å². The lowest BCUT2D eigenvalue weighted by atomic mass is 9.93. The number of rotatable bonds is 4. The lowest BCUT2D eigenvalue weighted by molar-refractivity contribution is -0.123. The molecule has 0 spiro atoms. The number of nitrogens with one attached hydrogen (secondary N) is 2. The van der Waals surface area contributed by atoms with Crippen LogP contribution < -0.4 is 5.32 Å². The Kier molecular flexibility index (Phi) is 6.03. The van der Waals surface area contributed by atoms with Gasteiger partial charge in [-0.15, -0.1) is 12.4 Å². The van der Waals surface area contributed by atoms with Crippen molar-refractivity contribution in [2.75, 3.05) is 19.6 Å². The number of amides is 1. The second kappa shape index (κ2) is 7.80. The molecule has 2 heterocycles. The number of piperidine rings is 1. The van der Waals surface area contributed by atoms with Crippen molar-refractivity contribution >= 4 is 18.3 Å². The molecular weight excluding hydrogens is 314 g/mol. The molecule has 1 aliphatic heterocycles. The van der Waals surface area contributed by atoms with E-state index in [0.717, 1.165) is 51.6 Å². The van der Waals surface area contributed by atoms with E-state index in [9.17, 15) is 10.1 Å². The molecule has 1 saturated carbocycles. The van der Waals surface area contributed by atoms with E-state index in [1.54, 1.807) is 6.20 Å². The van der Waals surface area contributed by atoms with Gasteiger partial charge >= 0.3 is 0 Å². The molecular formula is C16H24ClN5O. The Morgan fingerprint density at radius 2 is 2.13 bits per heavy atom. The second-order valence-corrected chi connectivity index (χ2v) is 6.51. The summed E-state index contributed by atoms with van der Waals surface area (Å²) in [6, 6.07) is 4.34. The van der Waals surface area contributed by atoms with Crippen LogP contribution in [0.4, 0.5) is 0 Å². The molecule has 7 heteroatoms. The Morgan fingerprint density at radius 3 is 2.70 bits per heavy atom. The van der Waals surface area contributed by atoms with Crippen LogP contribution in [0.25, 0.3) is 0 Å². The third-order valence-electron chi connectivity index (χ3n) is 4.97. The number of nitriles is 1. The smallest absolute Gasteiger partial charge is 0.235 e. The first-order valence-corrected chi connectivity index (χ1v) is 8.15. The SMILES string of the molecule is Cl.N#CC1(NC(=O)CN2CCC(c3ccn[nH]3)CC2)CCCC1. The van der Waals surface area contributed by atoms with E-state index >= 15 is 0 Å². The van der Waals surface area contributed by atoms with Crippen LogP contribution in [0.1, 0.15) is 50.1 Å². The zero-order valence-corrected chi connectivity index (χ0v) is 14.1. The first-order chi connectivity index (χ1) is 10.7. The molecule has 2 N–H and O–H groups in total. The molecule has 1 aliphatic carbocycles. The van der Waals surface area contributed by atoms with Crippen molar-refractivity contribution in [1.82, 2.24) is 20.4 Å². The predicted octanol–water partition coefficient (Wildman–Crippen LogP) is 1.96. The summed E-state index contributed by atoms with van der Waals surface area (Å²) in [4.78, 5) is 14.4. The highest BCUT2D eigenvalue weighted by atomic mass is 35.5. The van der Waals surface area contributed by atoms with Gasteiger partial charge < -0.3 is 5.32 Å². The van der Waals surface area contributed by atoms with E-state index < -0.39 is 5.54 Å².